The minimum Gasteiger partial charge on any atom is -0.337 e. The molecule has 0 aliphatic carbocycles. The van der Waals surface area contributed by atoms with Crippen LogP contribution in [-0.2, 0) is 13.1 Å². The highest BCUT2D eigenvalue weighted by Gasteiger charge is 2.30. The average Bonchev–Trinajstić information content (AvgIpc) is 3.30. The number of hydrogen-bond donors (Lipinski definition) is 1. The van der Waals surface area contributed by atoms with Gasteiger partial charge in [0.25, 0.3) is 5.56 Å². The molecule has 0 spiro atoms. The normalized spacial score (nSPS) is 17.5. The zero-order valence-corrected chi connectivity index (χ0v) is 13.8. The van der Waals surface area contributed by atoms with Gasteiger partial charge in [-0.25, -0.2) is 4.98 Å². The maximum Gasteiger partial charge on any atom is 0.258 e. The van der Waals surface area contributed by atoms with Gasteiger partial charge in [0.05, 0.1) is 23.8 Å². The smallest absolute Gasteiger partial charge is 0.258 e. The summed E-state index contributed by atoms with van der Waals surface area (Å²) in [6, 6.07) is 5.22. The van der Waals surface area contributed by atoms with Crippen molar-refractivity contribution in [1.82, 2.24) is 39.8 Å². The molecule has 1 atom stereocenters. The molecular weight excluding hydrogens is 336 g/mol. The monoisotopic (exact) mass is 350 g/mol. The third-order valence-electron chi connectivity index (χ3n) is 4.61. The second-order valence-electron chi connectivity index (χ2n) is 6.25. The molecule has 1 aromatic carbocycles. The van der Waals surface area contributed by atoms with Gasteiger partial charge in [0.15, 0.2) is 0 Å². The topological polar surface area (TPSA) is 119 Å². The molecule has 10 heteroatoms. The van der Waals surface area contributed by atoms with Gasteiger partial charge in [0.1, 0.15) is 18.2 Å². The first kappa shape index (κ1) is 14.9. The summed E-state index contributed by atoms with van der Waals surface area (Å²) < 4.78 is 7.50. The lowest BCUT2D eigenvalue weighted by Gasteiger charge is -2.29. The van der Waals surface area contributed by atoms with Gasteiger partial charge in [0.2, 0.25) is 11.7 Å². The van der Waals surface area contributed by atoms with E-state index < -0.39 is 0 Å². The SMILES string of the molecule is CN1Cc2nncn2CC1c1nc(-c2ccc3c(=O)[nH]cnc3c2)no1. The Bertz CT molecular complexity index is 1160. The van der Waals surface area contributed by atoms with E-state index in [-0.39, 0.29) is 11.6 Å². The highest BCUT2D eigenvalue weighted by molar-refractivity contribution is 5.81. The number of rotatable bonds is 2. The van der Waals surface area contributed by atoms with Gasteiger partial charge in [0, 0.05) is 12.1 Å². The summed E-state index contributed by atoms with van der Waals surface area (Å²) in [5.41, 5.74) is 1.15. The number of benzene rings is 1. The fraction of sp³-hybridized carbons (Fsp3) is 0.250. The molecule has 4 aromatic rings. The van der Waals surface area contributed by atoms with Gasteiger partial charge < -0.3 is 14.1 Å². The minimum atomic E-state index is -0.177. The van der Waals surface area contributed by atoms with Crippen molar-refractivity contribution in [1.29, 1.82) is 0 Å². The first-order chi connectivity index (χ1) is 12.7. The number of aromatic amines is 1. The molecule has 0 saturated carbocycles. The largest absolute Gasteiger partial charge is 0.337 e. The van der Waals surface area contributed by atoms with Crippen molar-refractivity contribution in [2.75, 3.05) is 7.05 Å². The average molecular weight is 350 g/mol. The van der Waals surface area contributed by atoms with Crippen molar-refractivity contribution in [3.05, 3.63) is 52.9 Å². The number of fused-ring (bicyclic) bond motifs is 2. The van der Waals surface area contributed by atoms with Crippen LogP contribution in [0.5, 0.6) is 0 Å². The minimum absolute atomic E-state index is 0.0545. The van der Waals surface area contributed by atoms with Crippen LogP contribution < -0.4 is 5.56 Å². The quantitative estimate of drug-likeness (QED) is 0.562. The molecule has 130 valence electrons. The van der Waals surface area contributed by atoms with E-state index in [1.807, 2.05) is 11.6 Å². The summed E-state index contributed by atoms with van der Waals surface area (Å²) >= 11 is 0. The Labute approximate surface area is 146 Å². The van der Waals surface area contributed by atoms with Crippen LogP contribution in [0.1, 0.15) is 17.8 Å². The first-order valence-electron chi connectivity index (χ1n) is 8.07. The van der Waals surface area contributed by atoms with Crippen LogP contribution in [0.15, 0.2) is 40.2 Å². The van der Waals surface area contributed by atoms with Gasteiger partial charge in [-0.15, -0.1) is 10.2 Å². The number of nitrogens with zero attached hydrogens (tertiary/aromatic N) is 7. The molecule has 1 aliphatic rings. The van der Waals surface area contributed by atoms with E-state index in [1.165, 1.54) is 6.33 Å². The maximum absolute atomic E-state index is 11.8. The van der Waals surface area contributed by atoms with E-state index in [4.69, 9.17) is 4.52 Å². The Balaban J connectivity index is 1.50. The summed E-state index contributed by atoms with van der Waals surface area (Å²) in [5, 5.41) is 12.7. The molecule has 4 heterocycles. The van der Waals surface area contributed by atoms with Crippen molar-refractivity contribution >= 4 is 10.9 Å². The highest BCUT2D eigenvalue weighted by Crippen LogP contribution is 2.28. The van der Waals surface area contributed by atoms with Crippen LogP contribution >= 0.6 is 0 Å². The third-order valence-corrected chi connectivity index (χ3v) is 4.61. The molecule has 0 fully saturated rings. The number of hydrogen-bond acceptors (Lipinski definition) is 8. The van der Waals surface area contributed by atoms with Crippen molar-refractivity contribution in [2.45, 2.75) is 19.1 Å². The molecule has 1 aliphatic heterocycles. The number of aromatic nitrogens is 7. The molecule has 10 nitrogen and oxygen atoms in total. The fourth-order valence-corrected chi connectivity index (χ4v) is 3.17. The number of likely N-dealkylation sites (N-methyl/N-ethyl adjacent to an activating group) is 1. The molecule has 1 unspecified atom stereocenters. The molecule has 5 rings (SSSR count). The Kier molecular flexibility index (Phi) is 3.19. The van der Waals surface area contributed by atoms with E-state index in [1.54, 1.807) is 24.5 Å². The van der Waals surface area contributed by atoms with Crippen LogP contribution in [0.2, 0.25) is 0 Å². The Morgan fingerprint density at radius 1 is 1.35 bits per heavy atom. The van der Waals surface area contributed by atoms with Crippen LogP contribution in [-0.4, -0.2) is 46.8 Å². The van der Waals surface area contributed by atoms with Crippen molar-refractivity contribution < 1.29 is 4.52 Å². The van der Waals surface area contributed by atoms with Crippen molar-refractivity contribution in [3.8, 4) is 11.4 Å². The van der Waals surface area contributed by atoms with Gasteiger partial charge in [-0.1, -0.05) is 11.2 Å². The Morgan fingerprint density at radius 2 is 2.27 bits per heavy atom. The Morgan fingerprint density at radius 3 is 3.19 bits per heavy atom. The van der Waals surface area contributed by atoms with Crippen LogP contribution in [0.3, 0.4) is 0 Å². The summed E-state index contributed by atoms with van der Waals surface area (Å²) in [7, 11) is 1.99. The summed E-state index contributed by atoms with van der Waals surface area (Å²) in [5.74, 6) is 1.90. The number of H-pyrrole nitrogens is 1. The van der Waals surface area contributed by atoms with Gasteiger partial charge in [-0.2, -0.15) is 4.98 Å². The molecule has 0 saturated heterocycles. The van der Waals surface area contributed by atoms with E-state index in [0.29, 0.717) is 35.7 Å². The van der Waals surface area contributed by atoms with Crippen molar-refractivity contribution in [3.63, 3.8) is 0 Å². The number of nitrogens with one attached hydrogen (secondary N) is 1. The lowest BCUT2D eigenvalue weighted by atomic mass is 10.1. The Hall–Kier alpha value is -3.40. The second kappa shape index (κ2) is 5.56. The lowest BCUT2D eigenvalue weighted by molar-refractivity contribution is 0.139. The molecule has 3 aromatic heterocycles. The van der Waals surface area contributed by atoms with Crippen LogP contribution in [0.25, 0.3) is 22.3 Å². The third kappa shape index (κ3) is 2.30. The van der Waals surface area contributed by atoms with E-state index in [2.05, 4.69) is 35.2 Å². The standard InChI is InChI=1S/C16H14N8O2/c1-23-6-13-21-19-8-24(13)5-12(23)16-20-14(22-26-16)9-2-3-10-11(4-9)17-7-18-15(10)25/h2-4,7-8,12H,5-6H2,1H3,(H,17,18,25). The molecule has 0 radical (unpaired) electrons. The van der Waals surface area contributed by atoms with Gasteiger partial charge in [-0.3, -0.25) is 9.69 Å². The highest BCUT2D eigenvalue weighted by atomic mass is 16.5. The van der Waals surface area contributed by atoms with E-state index in [0.717, 1.165) is 11.4 Å². The molecule has 0 bridgehead atoms. The van der Waals surface area contributed by atoms with Crippen LogP contribution in [0, 0.1) is 0 Å². The fourth-order valence-electron chi connectivity index (χ4n) is 3.17. The zero-order chi connectivity index (χ0) is 17.7. The van der Waals surface area contributed by atoms with Gasteiger partial charge >= 0.3 is 0 Å². The summed E-state index contributed by atoms with van der Waals surface area (Å²) in [4.78, 5) is 25.2. The predicted octanol–water partition coefficient (Wildman–Crippen LogP) is 0.751. The van der Waals surface area contributed by atoms with Crippen molar-refractivity contribution in [2.24, 2.45) is 0 Å². The zero-order valence-electron chi connectivity index (χ0n) is 13.8. The molecule has 1 N–H and O–H groups in total. The van der Waals surface area contributed by atoms with Gasteiger partial charge in [-0.05, 0) is 19.2 Å². The second-order valence-corrected chi connectivity index (χ2v) is 6.25. The summed E-state index contributed by atoms with van der Waals surface area (Å²) in [6.07, 6.45) is 3.09. The summed E-state index contributed by atoms with van der Waals surface area (Å²) in [6.45, 7) is 1.31. The lowest BCUT2D eigenvalue weighted by Crippen LogP contribution is -2.34. The predicted molar refractivity (Wildman–Crippen MR) is 89.9 cm³/mol. The van der Waals surface area contributed by atoms with E-state index in [9.17, 15) is 4.79 Å². The molecule has 0 amide bonds. The van der Waals surface area contributed by atoms with Crippen LogP contribution in [0.4, 0.5) is 0 Å². The first-order valence-corrected chi connectivity index (χ1v) is 8.07. The molecule has 26 heavy (non-hydrogen) atoms. The molecular formula is C16H14N8O2. The maximum atomic E-state index is 11.8. The van der Waals surface area contributed by atoms with E-state index >= 15 is 0 Å².